The molecule has 2 heterocycles. The van der Waals surface area contributed by atoms with Gasteiger partial charge in [-0.2, -0.15) is 0 Å². The van der Waals surface area contributed by atoms with E-state index in [1.165, 1.54) is 12.1 Å². The molecule has 2 aromatic heterocycles. The lowest BCUT2D eigenvalue weighted by Crippen LogP contribution is -2.21. The molecule has 0 saturated heterocycles. The number of halogens is 1. The number of nitrogens with zero attached hydrogens (tertiary/aromatic N) is 1. The maximum absolute atomic E-state index is 13.7. The number of carbonyl (C=O) groups excluding carboxylic acids is 1. The summed E-state index contributed by atoms with van der Waals surface area (Å²) in [4.78, 5) is 20.6. The standard InChI is InChI=1S/C18H17FN2O/c1-3-10-6-14-17(15(22)7-10)16-12-8-11(19)4-5-13(12)21-18(16)9(2)20-14/h4-5,8,10,21H,3,6-7H2,1-2H3. The Balaban J connectivity index is 2.13. The van der Waals surface area contributed by atoms with Crippen LogP contribution in [-0.2, 0) is 6.42 Å². The first-order valence-electron chi connectivity index (χ1n) is 7.72. The number of rotatable bonds is 1. The van der Waals surface area contributed by atoms with Gasteiger partial charge in [-0.05, 0) is 37.5 Å². The average Bonchev–Trinajstić information content (AvgIpc) is 2.86. The molecule has 0 aliphatic heterocycles. The van der Waals surface area contributed by atoms with Crippen molar-refractivity contribution < 1.29 is 9.18 Å². The fourth-order valence-electron chi connectivity index (χ4n) is 3.60. The zero-order valence-corrected chi connectivity index (χ0v) is 12.7. The normalized spacial score (nSPS) is 18.1. The van der Waals surface area contributed by atoms with E-state index in [9.17, 15) is 9.18 Å². The molecule has 3 aromatic rings. The van der Waals surface area contributed by atoms with E-state index in [0.717, 1.165) is 46.0 Å². The minimum absolute atomic E-state index is 0.135. The molecule has 22 heavy (non-hydrogen) atoms. The van der Waals surface area contributed by atoms with E-state index in [1.54, 1.807) is 6.07 Å². The summed E-state index contributed by atoms with van der Waals surface area (Å²) in [6.07, 6.45) is 2.37. The molecule has 1 aliphatic carbocycles. The van der Waals surface area contributed by atoms with Crippen molar-refractivity contribution in [3.63, 3.8) is 0 Å². The summed E-state index contributed by atoms with van der Waals surface area (Å²) in [5, 5.41) is 1.62. The first-order chi connectivity index (χ1) is 10.6. The maximum Gasteiger partial charge on any atom is 0.165 e. The number of H-pyrrole nitrogens is 1. The fourth-order valence-corrected chi connectivity index (χ4v) is 3.60. The highest BCUT2D eigenvalue weighted by atomic mass is 19.1. The zero-order chi connectivity index (χ0) is 15.4. The minimum atomic E-state index is -0.286. The van der Waals surface area contributed by atoms with Gasteiger partial charge in [0.1, 0.15) is 5.82 Å². The predicted octanol–water partition coefficient (Wildman–Crippen LogP) is 4.32. The molecule has 3 nitrogen and oxygen atoms in total. The molecule has 1 unspecified atom stereocenters. The van der Waals surface area contributed by atoms with Crippen LogP contribution < -0.4 is 0 Å². The number of hydrogen-bond donors (Lipinski definition) is 1. The van der Waals surface area contributed by atoms with Crippen molar-refractivity contribution >= 4 is 27.6 Å². The summed E-state index contributed by atoms with van der Waals surface area (Å²) in [6, 6.07) is 4.66. The topological polar surface area (TPSA) is 45.8 Å². The van der Waals surface area contributed by atoms with Crippen LogP contribution in [0.15, 0.2) is 18.2 Å². The van der Waals surface area contributed by atoms with Gasteiger partial charge in [0.15, 0.2) is 5.78 Å². The molecule has 4 rings (SSSR count). The number of carbonyl (C=O) groups is 1. The third-order valence-corrected chi connectivity index (χ3v) is 4.78. The van der Waals surface area contributed by atoms with Gasteiger partial charge in [0.2, 0.25) is 0 Å². The van der Waals surface area contributed by atoms with E-state index in [4.69, 9.17) is 0 Å². The molecule has 1 atom stereocenters. The summed E-state index contributed by atoms with van der Waals surface area (Å²) in [6.45, 7) is 4.05. The van der Waals surface area contributed by atoms with Gasteiger partial charge < -0.3 is 4.98 Å². The minimum Gasteiger partial charge on any atom is -0.353 e. The van der Waals surface area contributed by atoms with Gasteiger partial charge in [-0.15, -0.1) is 0 Å². The van der Waals surface area contributed by atoms with Crippen molar-refractivity contribution in [2.45, 2.75) is 33.1 Å². The highest BCUT2D eigenvalue weighted by Gasteiger charge is 2.29. The van der Waals surface area contributed by atoms with Crippen LogP contribution in [0.4, 0.5) is 4.39 Å². The largest absolute Gasteiger partial charge is 0.353 e. The van der Waals surface area contributed by atoms with E-state index in [2.05, 4.69) is 16.9 Å². The second-order valence-electron chi connectivity index (χ2n) is 6.19. The van der Waals surface area contributed by atoms with Gasteiger partial charge in [-0.3, -0.25) is 9.78 Å². The van der Waals surface area contributed by atoms with Gasteiger partial charge >= 0.3 is 0 Å². The van der Waals surface area contributed by atoms with Gasteiger partial charge in [-0.1, -0.05) is 13.3 Å². The Kier molecular flexibility index (Phi) is 2.83. The lowest BCUT2D eigenvalue weighted by molar-refractivity contribution is 0.0948. The van der Waals surface area contributed by atoms with Crippen LogP contribution in [0, 0.1) is 18.7 Å². The number of aromatic nitrogens is 2. The van der Waals surface area contributed by atoms with Crippen LogP contribution in [0.3, 0.4) is 0 Å². The molecule has 0 bridgehead atoms. The Morgan fingerprint density at radius 3 is 2.95 bits per heavy atom. The lowest BCUT2D eigenvalue weighted by Gasteiger charge is -2.23. The summed E-state index contributed by atoms with van der Waals surface area (Å²) in [5.74, 6) is 0.216. The van der Waals surface area contributed by atoms with Crippen LogP contribution in [0.5, 0.6) is 0 Å². The van der Waals surface area contributed by atoms with E-state index < -0.39 is 0 Å². The van der Waals surface area contributed by atoms with Crippen molar-refractivity contribution in [2.24, 2.45) is 5.92 Å². The van der Waals surface area contributed by atoms with E-state index >= 15 is 0 Å². The fraction of sp³-hybridized carbons (Fsp3) is 0.333. The molecule has 0 fully saturated rings. The third-order valence-electron chi connectivity index (χ3n) is 4.78. The molecule has 0 amide bonds. The van der Waals surface area contributed by atoms with Crippen LogP contribution in [0.1, 0.15) is 41.5 Å². The van der Waals surface area contributed by atoms with Gasteiger partial charge in [0.25, 0.3) is 0 Å². The van der Waals surface area contributed by atoms with Crippen molar-refractivity contribution in [3.8, 4) is 0 Å². The number of hydrogen-bond acceptors (Lipinski definition) is 2. The monoisotopic (exact) mass is 296 g/mol. The number of aromatic amines is 1. The lowest BCUT2D eigenvalue weighted by atomic mass is 9.82. The van der Waals surface area contributed by atoms with Gasteiger partial charge in [0, 0.05) is 28.3 Å². The van der Waals surface area contributed by atoms with Crippen LogP contribution in [-0.4, -0.2) is 15.8 Å². The van der Waals surface area contributed by atoms with Crippen LogP contribution >= 0.6 is 0 Å². The SMILES string of the molecule is CCC1CC(=O)c2c(nc(C)c3[nH]c4ccc(F)cc4c23)C1. The highest BCUT2D eigenvalue weighted by Crippen LogP contribution is 2.36. The Hall–Kier alpha value is -2.23. The van der Waals surface area contributed by atoms with Crippen LogP contribution in [0.25, 0.3) is 21.8 Å². The molecular formula is C18H17FN2O. The predicted molar refractivity (Wildman–Crippen MR) is 84.7 cm³/mol. The number of aryl methyl sites for hydroxylation is 1. The van der Waals surface area contributed by atoms with Crippen molar-refractivity contribution in [1.82, 2.24) is 9.97 Å². The molecule has 0 radical (unpaired) electrons. The number of nitrogens with one attached hydrogen (secondary N) is 1. The molecule has 0 saturated carbocycles. The Morgan fingerprint density at radius 1 is 1.36 bits per heavy atom. The first-order valence-corrected chi connectivity index (χ1v) is 7.72. The highest BCUT2D eigenvalue weighted by molar-refractivity contribution is 6.19. The quantitative estimate of drug-likeness (QED) is 0.727. The van der Waals surface area contributed by atoms with Crippen LogP contribution in [0.2, 0.25) is 0 Å². The van der Waals surface area contributed by atoms with Gasteiger partial charge in [-0.25, -0.2) is 4.39 Å². The zero-order valence-electron chi connectivity index (χ0n) is 12.7. The maximum atomic E-state index is 13.7. The molecule has 4 heteroatoms. The number of fused-ring (bicyclic) bond motifs is 5. The molecule has 1 N–H and O–H groups in total. The number of Topliss-reactive ketones (excluding diaryl/α,β-unsaturated/α-hetero) is 1. The third kappa shape index (κ3) is 1.79. The van der Waals surface area contributed by atoms with Gasteiger partial charge in [0.05, 0.1) is 16.9 Å². The van der Waals surface area contributed by atoms with Crippen molar-refractivity contribution in [2.75, 3.05) is 0 Å². The summed E-state index contributed by atoms with van der Waals surface area (Å²) >= 11 is 0. The van der Waals surface area contributed by atoms with E-state index in [1.807, 2.05) is 6.92 Å². The number of pyridine rings is 1. The second-order valence-corrected chi connectivity index (χ2v) is 6.19. The van der Waals surface area contributed by atoms with Crippen molar-refractivity contribution in [1.29, 1.82) is 0 Å². The number of benzene rings is 1. The van der Waals surface area contributed by atoms with Crippen molar-refractivity contribution in [3.05, 3.63) is 41.0 Å². The smallest absolute Gasteiger partial charge is 0.165 e. The molecule has 0 spiro atoms. The Bertz CT molecular complexity index is 926. The summed E-state index contributed by atoms with van der Waals surface area (Å²) in [5.41, 5.74) is 4.14. The molecule has 1 aromatic carbocycles. The average molecular weight is 296 g/mol. The molecular weight excluding hydrogens is 279 g/mol. The summed E-state index contributed by atoms with van der Waals surface area (Å²) in [7, 11) is 0. The second kappa shape index (κ2) is 4.63. The molecule has 112 valence electrons. The van der Waals surface area contributed by atoms with E-state index in [-0.39, 0.29) is 11.6 Å². The Labute approximate surface area is 127 Å². The van der Waals surface area contributed by atoms with E-state index in [0.29, 0.717) is 17.9 Å². The summed E-state index contributed by atoms with van der Waals surface area (Å²) < 4.78 is 13.7. The Morgan fingerprint density at radius 2 is 2.18 bits per heavy atom. The first kappa shape index (κ1) is 13.4. The molecule has 1 aliphatic rings. The number of ketones is 1.